The molecule has 0 aliphatic rings. The molecule has 1 aromatic carbocycles. The number of aromatic nitrogens is 6. The molecule has 0 spiro atoms. The molecule has 0 fully saturated rings. The lowest BCUT2D eigenvalue weighted by molar-refractivity contribution is 0.192. The quantitative estimate of drug-likeness (QED) is 0.472. The van der Waals surface area contributed by atoms with Gasteiger partial charge in [0.1, 0.15) is 12.7 Å². The second-order valence-electron chi connectivity index (χ2n) is 7.08. The summed E-state index contributed by atoms with van der Waals surface area (Å²) >= 11 is 0. The Labute approximate surface area is 178 Å². The van der Waals surface area contributed by atoms with Crippen molar-refractivity contribution in [3.05, 3.63) is 99.2 Å². The Hall–Kier alpha value is -3.79. The maximum absolute atomic E-state index is 12.8. The number of rotatable bonds is 9. The molecular formula is C21H25N7O3. The maximum atomic E-state index is 12.8. The van der Waals surface area contributed by atoms with E-state index in [0.717, 1.165) is 25.0 Å². The Morgan fingerprint density at radius 1 is 0.968 bits per heavy atom. The SMILES string of the molecule is C=CCn1c(=O)n(CC=C)c(=O)n(CN(C)[C@@H](C)c2ccc(-n3cncn3)cc2)c1=O. The average molecular weight is 423 g/mol. The molecule has 0 saturated carbocycles. The maximum Gasteiger partial charge on any atom is 0.337 e. The molecule has 0 unspecified atom stereocenters. The molecule has 0 bridgehead atoms. The first-order valence-electron chi connectivity index (χ1n) is 9.70. The Morgan fingerprint density at radius 2 is 1.52 bits per heavy atom. The summed E-state index contributed by atoms with van der Waals surface area (Å²) in [5.74, 6) is 0. The first kappa shape index (κ1) is 21.9. The molecule has 0 aliphatic carbocycles. The van der Waals surface area contributed by atoms with E-state index in [2.05, 4.69) is 23.2 Å². The van der Waals surface area contributed by atoms with Crippen LogP contribution in [-0.4, -0.2) is 40.4 Å². The van der Waals surface area contributed by atoms with Gasteiger partial charge in [-0.2, -0.15) is 5.10 Å². The fourth-order valence-corrected chi connectivity index (χ4v) is 3.22. The van der Waals surface area contributed by atoms with E-state index in [9.17, 15) is 14.4 Å². The van der Waals surface area contributed by atoms with Crippen molar-refractivity contribution in [3.8, 4) is 5.69 Å². The Bertz CT molecular complexity index is 1190. The fraction of sp³-hybridized carbons (Fsp3) is 0.286. The molecule has 2 aromatic heterocycles. The third-order valence-electron chi connectivity index (χ3n) is 5.09. The number of nitrogens with zero attached hydrogens (tertiary/aromatic N) is 7. The summed E-state index contributed by atoms with van der Waals surface area (Å²) in [4.78, 5) is 43.9. The summed E-state index contributed by atoms with van der Waals surface area (Å²) in [6.07, 6.45) is 5.97. The summed E-state index contributed by atoms with van der Waals surface area (Å²) in [5.41, 5.74) is -0.154. The first-order valence-corrected chi connectivity index (χ1v) is 9.70. The predicted octanol–water partition coefficient (Wildman–Crippen LogP) is 0.775. The highest BCUT2D eigenvalue weighted by molar-refractivity contribution is 5.34. The van der Waals surface area contributed by atoms with Crippen LogP contribution in [0.25, 0.3) is 5.69 Å². The molecule has 0 amide bonds. The third-order valence-corrected chi connectivity index (χ3v) is 5.09. The minimum Gasteiger partial charge on any atom is -0.282 e. The summed E-state index contributed by atoms with van der Waals surface area (Å²) < 4.78 is 4.68. The van der Waals surface area contributed by atoms with Gasteiger partial charge in [0.05, 0.1) is 25.4 Å². The van der Waals surface area contributed by atoms with Crippen LogP contribution in [0.15, 0.2) is 76.6 Å². The minimum atomic E-state index is -0.676. The minimum absolute atomic E-state index is 0.0120. The van der Waals surface area contributed by atoms with Crippen molar-refractivity contribution in [2.24, 2.45) is 0 Å². The Morgan fingerprint density at radius 3 is 2.00 bits per heavy atom. The van der Waals surface area contributed by atoms with E-state index in [0.29, 0.717) is 0 Å². The van der Waals surface area contributed by atoms with Crippen LogP contribution in [0.2, 0.25) is 0 Å². The van der Waals surface area contributed by atoms with E-state index in [1.54, 1.807) is 11.0 Å². The summed E-state index contributed by atoms with van der Waals surface area (Å²) in [5, 5.41) is 4.10. The summed E-state index contributed by atoms with van der Waals surface area (Å²) in [6, 6.07) is 7.64. The summed E-state index contributed by atoms with van der Waals surface area (Å²) in [7, 11) is 1.81. The molecule has 10 nitrogen and oxygen atoms in total. The van der Waals surface area contributed by atoms with Gasteiger partial charge in [-0.15, -0.1) is 13.2 Å². The zero-order chi connectivity index (χ0) is 22.5. The molecule has 162 valence electrons. The van der Waals surface area contributed by atoms with Crippen LogP contribution in [0.5, 0.6) is 0 Å². The van der Waals surface area contributed by atoms with Gasteiger partial charge in [0, 0.05) is 6.04 Å². The van der Waals surface area contributed by atoms with Crippen molar-refractivity contribution in [2.75, 3.05) is 7.05 Å². The predicted molar refractivity (Wildman–Crippen MR) is 117 cm³/mol. The van der Waals surface area contributed by atoms with E-state index in [1.165, 1.54) is 18.5 Å². The van der Waals surface area contributed by atoms with Gasteiger partial charge in [0.25, 0.3) is 0 Å². The number of benzene rings is 1. The zero-order valence-electron chi connectivity index (χ0n) is 17.6. The van der Waals surface area contributed by atoms with Crippen LogP contribution in [0.4, 0.5) is 0 Å². The standard InChI is InChI=1S/C21H25N7O3/c1-5-11-25-19(29)26(12-6-2)21(31)27(20(25)30)15-24(4)16(3)17-7-9-18(10-8-17)28-14-22-13-23-28/h5-10,13-14,16H,1-2,11-12,15H2,3-4H3/t16-/m0/s1. The third kappa shape index (κ3) is 4.38. The molecule has 31 heavy (non-hydrogen) atoms. The second-order valence-corrected chi connectivity index (χ2v) is 7.08. The van der Waals surface area contributed by atoms with Gasteiger partial charge < -0.3 is 0 Å². The fourth-order valence-electron chi connectivity index (χ4n) is 3.22. The number of hydrogen-bond donors (Lipinski definition) is 0. The van der Waals surface area contributed by atoms with Crippen LogP contribution in [0.3, 0.4) is 0 Å². The lowest BCUT2D eigenvalue weighted by Gasteiger charge is -2.26. The van der Waals surface area contributed by atoms with Gasteiger partial charge in [-0.25, -0.2) is 37.8 Å². The Balaban J connectivity index is 1.91. The highest BCUT2D eigenvalue weighted by atomic mass is 16.2. The average Bonchev–Trinajstić information content (AvgIpc) is 3.31. The number of allylic oxidation sites excluding steroid dienone is 2. The highest BCUT2D eigenvalue weighted by Crippen LogP contribution is 2.20. The molecule has 0 radical (unpaired) electrons. The molecular weight excluding hydrogens is 398 g/mol. The monoisotopic (exact) mass is 423 g/mol. The topological polar surface area (TPSA) is 100.0 Å². The van der Waals surface area contributed by atoms with Crippen LogP contribution in [0, 0.1) is 0 Å². The number of hydrogen-bond acceptors (Lipinski definition) is 6. The lowest BCUT2D eigenvalue weighted by atomic mass is 10.1. The zero-order valence-corrected chi connectivity index (χ0v) is 17.6. The van der Waals surface area contributed by atoms with Gasteiger partial charge in [-0.05, 0) is 31.7 Å². The molecule has 2 heterocycles. The molecule has 1 atom stereocenters. The van der Waals surface area contributed by atoms with Crippen molar-refractivity contribution < 1.29 is 0 Å². The van der Waals surface area contributed by atoms with Gasteiger partial charge in [0.2, 0.25) is 0 Å². The van der Waals surface area contributed by atoms with Gasteiger partial charge in [0.15, 0.2) is 0 Å². The normalized spacial score (nSPS) is 12.1. The Kier molecular flexibility index (Phi) is 6.61. The van der Waals surface area contributed by atoms with E-state index in [1.807, 2.05) is 43.1 Å². The summed E-state index contributed by atoms with van der Waals surface area (Å²) in [6.45, 7) is 9.17. The molecule has 0 aliphatic heterocycles. The van der Waals surface area contributed by atoms with E-state index < -0.39 is 17.1 Å². The van der Waals surface area contributed by atoms with Crippen molar-refractivity contribution in [1.82, 2.24) is 33.4 Å². The van der Waals surface area contributed by atoms with E-state index in [4.69, 9.17) is 0 Å². The molecule has 3 aromatic rings. The lowest BCUT2D eigenvalue weighted by Crippen LogP contribution is -2.55. The molecule has 0 saturated heterocycles. The van der Waals surface area contributed by atoms with Crippen LogP contribution >= 0.6 is 0 Å². The van der Waals surface area contributed by atoms with Crippen molar-refractivity contribution in [3.63, 3.8) is 0 Å². The van der Waals surface area contributed by atoms with Crippen LogP contribution in [-0.2, 0) is 19.8 Å². The van der Waals surface area contributed by atoms with E-state index in [-0.39, 0.29) is 25.8 Å². The van der Waals surface area contributed by atoms with Crippen molar-refractivity contribution in [2.45, 2.75) is 32.7 Å². The van der Waals surface area contributed by atoms with Crippen LogP contribution in [0.1, 0.15) is 18.5 Å². The van der Waals surface area contributed by atoms with Gasteiger partial charge >= 0.3 is 17.1 Å². The van der Waals surface area contributed by atoms with Crippen molar-refractivity contribution >= 4 is 0 Å². The van der Waals surface area contributed by atoms with Gasteiger partial charge in [-0.3, -0.25) is 4.90 Å². The van der Waals surface area contributed by atoms with Crippen molar-refractivity contribution in [1.29, 1.82) is 0 Å². The molecule has 10 heteroatoms. The highest BCUT2D eigenvalue weighted by Gasteiger charge is 2.18. The molecule has 0 N–H and O–H groups in total. The largest absolute Gasteiger partial charge is 0.337 e. The first-order chi connectivity index (χ1) is 14.9. The van der Waals surface area contributed by atoms with Gasteiger partial charge in [-0.1, -0.05) is 24.3 Å². The van der Waals surface area contributed by atoms with E-state index >= 15 is 0 Å². The smallest absolute Gasteiger partial charge is 0.282 e. The van der Waals surface area contributed by atoms with Crippen LogP contribution < -0.4 is 17.1 Å². The second kappa shape index (κ2) is 9.35. The molecule has 3 rings (SSSR count).